The minimum absolute atomic E-state index is 1.11. The summed E-state index contributed by atoms with van der Waals surface area (Å²) in [5.41, 5.74) is 1.15. The topological polar surface area (TPSA) is 17.8 Å². The molecule has 0 bridgehead atoms. The van der Waals surface area contributed by atoms with Gasteiger partial charge in [-0.25, -0.2) is 4.98 Å². The third kappa shape index (κ3) is 1.23. The lowest BCUT2D eigenvalue weighted by Crippen LogP contribution is -1.86. The molecule has 2 aromatic heterocycles. The van der Waals surface area contributed by atoms with Crippen molar-refractivity contribution in [2.24, 2.45) is 0 Å². The van der Waals surface area contributed by atoms with Crippen molar-refractivity contribution in [2.75, 3.05) is 0 Å². The first-order chi connectivity index (χ1) is 5.38. The average molecular weight is 229 g/mol. The summed E-state index contributed by atoms with van der Waals surface area (Å²) in [6.45, 7) is 0. The number of hydrogen-bond donors (Lipinski definition) is 0. The molecule has 0 aliphatic carbocycles. The molecule has 2 heterocycles. The molecule has 0 aliphatic rings. The van der Waals surface area contributed by atoms with Crippen molar-refractivity contribution in [3.05, 3.63) is 34.0 Å². The van der Waals surface area contributed by atoms with E-state index in [1.807, 2.05) is 10.8 Å². The van der Waals surface area contributed by atoms with E-state index in [9.17, 15) is 0 Å². The SMILES string of the molecule is Brc1cscc1-n1ccnc1. The minimum Gasteiger partial charge on any atom is -0.304 e. The highest BCUT2D eigenvalue weighted by Crippen LogP contribution is 2.24. The third-order valence-electron chi connectivity index (χ3n) is 1.38. The number of rotatable bonds is 1. The van der Waals surface area contributed by atoms with Crippen LogP contribution in [-0.2, 0) is 0 Å². The van der Waals surface area contributed by atoms with Gasteiger partial charge in [0.05, 0.1) is 16.5 Å². The van der Waals surface area contributed by atoms with Crippen LogP contribution in [0.25, 0.3) is 5.69 Å². The number of imidazole rings is 1. The van der Waals surface area contributed by atoms with Crippen molar-refractivity contribution in [3.63, 3.8) is 0 Å². The number of aromatic nitrogens is 2. The van der Waals surface area contributed by atoms with Crippen molar-refractivity contribution < 1.29 is 0 Å². The van der Waals surface area contributed by atoms with E-state index < -0.39 is 0 Å². The van der Waals surface area contributed by atoms with Crippen molar-refractivity contribution in [3.8, 4) is 5.69 Å². The van der Waals surface area contributed by atoms with Crippen LogP contribution in [0.3, 0.4) is 0 Å². The molecule has 4 heteroatoms. The fourth-order valence-corrected chi connectivity index (χ4v) is 2.34. The Morgan fingerprint density at radius 2 is 2.36 bits per heavy atom. The summed E-state index contributed by atoms with van der Waals surface area (Å²) < 4.78 is 3.08. The van der Waals surface area contributed by atoms with Crippen LogP contribution in [-0.4, -0.2) is 9.55 Å². The maximum Gasteiger partial charge on any atom is 0.0992 e. The van der Waals surface area contributed by atoms with E-state index >= 15 is 0 Å². The predicted octanol–water partition coefficient (Wildman–Crippen LogP) is 2.70. The molecule has 0 aliphatic heterocycles. The highest BCUT2D eigenvalue weighted by molar-refractivity contribution is 9.10. The molecule has 0 atom stereocenters. The van der Waals surface area contributed by atoms with E-state index in [1.165, 1.54) is 0 Å². The lowest BCUT2D eigenvalue weighted by Gasteiger charge is -1.96. The molecule has 0 radical (unpaired) electrons. The molecule has 0 fully saturated rings. The second-order valence-corrected chi connectivity index (χ2v) is 3.67. The van der Waals surface area contributed by atoms with Crippen LogP contribution in [0.1, 0.15) is 0 Å². The summed E-state index contributed by atoms with van der Waals surface area (Å²) in [6.07, 6.45) is 5.48. The largest absolute Gasteiger partial charge is 0.304 e. The van der Waals surface area contributed by atoms with Gasteiger partial charge >= 0.3 is 0 Å². The second-order valence-electron chi connectivity index (χ2n) is 2.07. The van der Waals surface area contributed by atoms with Gasteiger partial charge in [-0.15, -0.1) is 11.3 Å². The monoisotopic (exact) mass is 228 g/mol. The van der Waals surface area contributed by atoms with Crippen LogP contribution < -0.4 is 0 Å². The Labute approximate surface area is 76.6 Å². The smallest absolute Gasteiger partial charge is 0.0992 e. The second kappa shape index (κ2) is 2.79. The van der Waals surface area contributed by atoms with Gasteiger partial charge in [-0.1, -0.05) is 0 Å². The van der Waals surface area contributed by atoms with Crippen molar-refractivity contribution in [1.82, 2.24) is 9.55 Å². The maximum atomic E-state index is 3.97. The quantitative estimate of drug-likeness (QED) is 0.735. The van der Waals surface area contributed by atoms with Crippen LogP contribution >= 0.6 is 27.3 Å². The van der Waals surface area contributed by atoms with Gasteiger partial charge in [0.15, 0.2) is 0 Å². The Hall–Kier alpha value is -0.610. The number of halogens is 1. The van der Waals surface area contributed by atoms with Gasteiger partial charge in [0, 0.05) is 23.2 Å². The molecule has 0 aromatic carbocycles. The number of nitrogens with zero attached hydrogens (tertiary/aromatic N) is 2. The predicted molar refractivity (Wildman–Crippen MR) is 49.1 cm³/mol. The van der Waals surface area contributed by atoms with E-state index in [0.29, 0.717) is 0 Å². The summed E-state index contributed by atoms with van der Waals surface area (Å²) in [5, 5.41) is 4.13. The first-order valence-corrected chi connectivity index (χ1v) is 4.81. The van der Waals surface area contributed by atoms with Gasteiger partial charge in [-0.2, -0.15) is 0 Å². The summed E-state index contributed by atoms with van der Waals surface area (Å²) in [7, 11) is 0. The molecule has 2 aromatic rings. The molecule has 0 N–H and O–H groups in total. The van der Waals surface area contributed by atoms with Crippen LogP contribution in [0, 0.1) is 0 Å². The van der Waals surface area contributed by atoms with Crippen molar-refractivity contribution >= 4 is 27.3 Å². The fraction of sp³-hybridized carbons (Fsp3) is 0. The normalized spacial score (nSPS) is 10.3. The molecule has 11 heavy (non-hydrogen) atoms. The Kier molecular flexibility index (Phi) is 1.79. The highest BCUT2D eigenvalue weighted by atomic mass is 79.9. The summed E-state index contributed by atoms with van der Waals surface area (Å²) in [6, 6.07) is 0. The molecule has 0 amide bonds. The molecule has 2 nitrogen and oxygen atoms in total. The van der Waals surface area contributed by atoms with E-state index in [-0.39, 0.29) is 0 Å². The van der Waals surface area contributed by atoms with Gasteiger partial charge in [0.25, 0.3) is 0 Å². The Morgan fingerprint density at radius 1 is 1.45 bits per heavy atom. The van der Waals surface area contributed by atoms with Crippen LogP contribution in [0.4, 0.5) is 0 Å². The van der Waals surface area contributed by atoms with E-state index in [2.05, 4.69) is 31.7 Å². The summed E-state index contributed by atoms with van der Waals surface area (Å²) in [4.78, 5) is 3.97. The Balaban J connectivity index is 2.53. The summed E-state index contributed by atoms with van der Waals surface area (Å²) in [5.74, 6) is 0. The standard InChI is InChI=1S/C7H5BrN2S/c8-6-3-11-4-7(6)10-2-1-9-5-10/h1-5H. The molecule has 0 saturated heterocycles. The number of thiophene rings is 1. The average Bonchev–Trinajstić information content (AvgIpc) is 2.55. The lowest BCUT2D eigenvalue weighted by molar-refractivity contribution is 1.06. The van der Waals surface area contributed by atoms with Crippen LogP contribution in [0.5, 0.6) is 0 Å². The molecule has 2 rings (SSSR count). The molecular formula is C7H5BrN2S. The summed E-state index contributed by atoms with van der Waals surface area (Å²) >= 11 is 5.12. The molecule has 0 saturated carbocycles. The Bertz CT molecular complexity index is 339. The van der Waals surface area contributed by atoms with Crippen molar-refractivity contribution in [1.29, 1.82) is 0 Å². The molecular weight excluding hydrogens is 224 g/mol. The highest BCUT2D eigenvalue weighted by Gasteiger charge is 2.00. The van der Waals surface area contributed by atoms with Crippen molar-refractivity contribution in [2.45, 2.75) is 0 Å². The van der Waals surface area contributed by atoms with Crippen LogP contribution in [0.15, 0.2) is 34.0 Å². The molecule has 56 valence electrons. The zero-order chi connectivity index (χ0) is 7.68. The Morgan fingerprint density at radius 3 is 2.91 bits per heavy atom. The minimum atomic E-state index is 1.11. The van der Waals surface area contributed by atoms with Gasteiger partial charge in [0.1, 0.15) is 0 Å². The van der Waals surface area contributed by atoms with Gasteiger partial charge in [0.2, 0.25) is 0 Å². The molecule has 0 spiro atoms. The fourth-order valence-electron chi connectivity index (χ4n) is 0.861. The lowest BCUT2D eigenvalue weighted by atomic mass is 10.5. The van der Waals surface area contributed by atoms with Gasteiger partial charge in [-0.05, 0) is 15.9 Å². The van der Waals surface area contributed by atoms with E-state index in [0.717, 1.165) is 10.2 Å². The van der Waals surface area contributed by atoms with E-state index in [1.54, 1.807) is 23.9 Å². The van der Waals surface area contributed by atoms with Gasteiger partial charge in [-0.3, -0.25) is 0 Å². The van der Waals surface area contributed by atoms with E-state index in [4.69, 9.17) is 0 Å². The van der Waals surface area contributed by atoms with Crippen LogP contribution in [0.2, 0.25) is 0 Å². The van der Waals surface area contributed by atoms with Gasteiger partial charge < -0.3 is 4.57 Å². The third-order valence-corrected chi connectivity index (χ3v) is 3.05. The first-order valence-electron chi connectivity index (χ1n) is 3.08. The zero-order valence-corrected chi connectivity index (χ0v) is 7.97. The number of hydrogen-bond acceptors (Lipinski definition) is 2. The molecule has 0 unspecified atom stereocenters. The first kappa shape index (κ1) is 7.06. The zero-order valence-electron chi connectivity index (χ0n) is 5.57. The maximum absolute atomic E-state index is 3.97.